The molecule has 7 heteroatoms. The van der Waals surface area contributed by atoms with Crippen LogP contribution < -0.4 is 5.32 Å². The van der Waals surface area contributed by atoms with Crippen LogP contribution in [-0.2, 0) is 16.0 Å². The Morgan fingerprint density at radius 3 is 2.32 bits per heavy atom. The SMILES string of the molecule is CCOC(=O)c1ccc(NC(=O)c2ccc([C@@H]3SCC(=O)N3CCc3ccccc3)cc2)cc1. The highest BCUT2D eigenvalue weighted by atomic mass is 32.2. The van der Waals surface area contributed by atoms with E-state index in [1.807, 2.05) is 35.2 Å². The normalized spacial score (nSPS) is 15.3. The quantitative estimate of drug-likeness (QED) is 0.469. The lowest BCUT2D eigenvalue weighted by Gasteiger charge is -2.24. The van der Waals surface area contributed by atoms with Gasteiger partial charge in [0.1, 0.15) is 5.37 Å². The molecule has 174 valence electrons. The average Bonchev–Trinajstić information content (AvgIpc) is 3.24. The molecule has 1 N–H and O–H groups in total. The van der Waals surface area contributed by atoms with E-state index in [0.29, 0.717) is 35.7 Å². The molecule has 34 heavy (non-hydrogen) atoms. The maximum Gasteiger partial charge on any atom is 0.338 e. The number of rotatable bonds is 8. The topological polar surface area (TPSA) is 75.7 Å². The predicted molar refractivity (Wildman–Crippen MR) is 134 cm³/mol. The van der Waals surface area contributed by atoms with Crippen LogP contribution in [0.4, 0.5) is 5.69 Å². The Labute approximate surface area is 203 Å². The molecule has 1 saturated heterocycles. The molecule has 0 aromatic heterocycles. The van der Waals surface area contributed by atoms with Crippen LogP contribution in [0.5, 0.6) is 0 Å². The molecular weight excluding hydrogens is 448 g/mol. The van der Waals surface area contributed by atoms with Crippen LogP contribution in [0.25, 0.3) is 0 Å². The summed E-state index contributed by atoms with van der Waals surface area (Å²) in [5.74, 6) is -0.0358. The van der Waals surface area contributed by atoms with E-state index in [-0.39, 0.29) is 17.2 Å². The molecular formula is C27H26N2O4S. The number of benzene rings is 3. The van der Waals surface area contributed by atoms with Crippen molar-refractivity contribution in [3.8, 4) is 0 Å². The van der Waals surface area contributed by atoms with E-state index in [4.69, 9.17) is 4.74 Å². The number of amides is 2. The summed E-state index contributed by atoms with van der Waals surface area (Å²) < 4.78 is 4.97. The third-order valence-corrected chi connectivity index (χ3v) is 6.82. The second-order valence-corrected chi connectivity index (χ2v) is 8.93. The van der Waals surface area contributed by atoms with Gasteiger partial charge in [-0.05, 0) is 60.9 Å². The van der Waals surface area contributed by atoms with E-state index in [0.717, 1.165) is 12.0 Å². The molecule has 2 amide bonds. The summed E-state index contributed by atoms with van der Waals surface area (Å²) in [6, 6.07) is 24.1. The number of ether oxygens (including phenoxy) is 1. The molecule has 4 rings (SSSR count). The van der Waals surface area contributed by atoms with E-state index in [2.05, 4.69) is 17.4 Å². The lowest BCUT2D eigenvalue weighted by atomic mass is 10.1. The molecule has 0 bridgehead atoms. The fourth-order valence-electron chi connectivity index (χ4n) is 3.77. The molecule has 6 nitrogen and oxygen atoms in total. The van der Waals surface area contributed by atoms with Crippen LogP contribution in [0.15, 0.2) is 78.9 Å². The number of thioether (sulfide) groups is 1. The van der Waals surface area contributed by atoms with Gasteiger partial charge in [0.25, 0.3) is 5.91 Å². The first-order valence-corrected chi connectivity index (χ1v) is 12.2. The molecule has 0 aliphatic carbocycles. The van der Waals surface area contributed by atoms with Gasteiger partial charge in [0.05, 0.1) is 17.9 Å². The van der Waals surface area contributed by atoms with Gasteiger partial charge in [-0.1, -0.05) is 42.5 Å². The zero-order chi connectivity index (χ0) is 23.9. The van der Waals surface area contributed by atoms with Crippen molar-refractivity contribution in [3.63, 3.8) is 0 Å². The smallest absolute Gasteiger partial charge is 0.338 e. The van der Waals surface area contributed by atoms with E-state index >= 15 is 0 Å². The molecule has 0 unspecified atom stereocenters. The number of anilines is 1. The third kappa shape index (κ3) is 5.66. The van der Waals surface area contributed by atoms with Gasteiger partial charge in [0, 0.05) is 17.8 Å². The van der Waals surface area contributed by atoms with Gasteiger partial charge in [-0.2, -0.15) is 0 Å². The van der Waals surface area contributed by atoms with Crippen LogP contribution in [0.2, 0.25) is 0 Å². The number of nitrogens with zero attached hydrogens (tertiary/aromatic N) is 1. The molecule has 1 aliphatic heterocycles. The Kier molecular flexibility index (Phi) is 7.65. The van der Waals surface area contributed by atoms with E-state index in [1.54, 1.807) is 55.1 Å². The zero-order valence-electron chi connectivity index (χ0n) is 18.9. The molecule has 1 heterocycles. The van der Waals surface area contributed by atoms with Gasteiger partial charge in [-0.25, -0.2) is 4.79 Å². The maximum absolute atomic E-state index is 12.7. The van der Waals surface area contributed by atoms with Crippen molar-refractivity contribution >= 4 is 35.2 Å². The summed E-state index contributed by atoms with van der Waals surface area (Å²) >= 11 is 1.61. The molecule has 3 aromatic rings. The van der Waals surface area contributed by atoms with Gasteiger partial charge >= 0.3 is 5.97 Å². The van der Waals surface area contributed by atoms with Gasteiger partial charge in [0.2, 0.25) is 5.91 Å². The first kappa shape index (κ1) is 23.6. The van der Waals surface area contributed by atoms with Crippen LogP contribution in [-0.4, -0.2) is 41.6 Å². The minimum absolute atomic E-state index is 0.0521. The first-order valence-electron chi connectivity index (χ1n) is 11.2. The number of hydrogen-bond acceptors (Lipinski definition) is 5. The van der Waals surface area contributed by atoms with Crippen molar-refractivity contribution in [1.82, 2.24) is 4.90 Å². The largest absolute Gasteiger partial charge is 0.462 e. The lowest BCUT2D eigenvalue weighted by Crippen LogP contribution is -2.30. The zero-order valence-corrected chi connectivity index (χ0v) is 19.7. The van der Waals surface area contributed by atoms with E-state index in [1.165, 1.54) is 5.56 Å². The Morgan fingerprint density at radius 2 is 1.65 bits per heavy atom. The fraction of sp³-hybridized carbons (Fsp3) is 0.222. The van der Waals surface area contributed by atoms with Crippen molar-refractivity contribution in [2.24, 2.45) is 0 Å². The second-order valence-electron chi connectivity index (χ2n) is 7.86. The summed E-state index contributed by atoms with van der Waals surface area (Å²) in [4.78, 5) is 38.8. The van der Waals surface area contributed by atoms with Crippen LogP contribution in [0.3, 0.4) is 0 Å². The van der Waals surface area contributed by atoms with Gasteiger partial charge in [0.15, 0.2) is 0 Å². The maximum atomic E-state index is 12.7. The molecule has 3 aromatic carbocycles. The monoisotopic (exact) mass is 474 g/mol. The summed E-state index contributed by atoms with van der Waals surface area (Å²) in [6.07, 6.45) is 0.805. The van der Waals surface area contributed by atoms with Crippen molar-refractivity contribution in [2.45, 2.75) is 18.7 Å². The van der Waals surface area contributed by atoms with E-state index < -0.39 is 5.97 Å². The number of hydrogen-bond donors (Lipinski definition) is 1. The summed E-state index contributed by atoms with van der Waals surface area (Å²) in [5, 5.41) is 2.79. The Bertz CT molecular complexity index is 1150. The highest BCUT2D eigenvalue weighted by Gasteiger charge is 2.32. The average molecular weight is 475 g/mol. The van der Waals surface area contributed by atoms with Crippen LogP contribution >= 0.6 is 11.8 Å². The molecule has 0 spiro atoms. The fourth-order valence-corrected chi connectivity index (χ4v) is 4.99. The highest BCUT2D eigenvalue weighted by Crippen LogP contribution is 2.38. The van der Waals surface area contributed by atoms with E-state index in [9.17, 15) is 14.4 Å². The molecule has 1 aliphatic rings. The predicted octanol–water partition coefficient (Wildman–Crippen LogP) is 4.93. The first-order chi connectivity index (χ1) is 16.5. The summed E-state index contributed by atoms with van der Waals surface area (Å²) in [6.45, 7) is 2.72. The van der Waals surface area contributed by atoms with Crippen LogP contribution in [0.1, 0.15) is 44.1 Å². The molecule has 1 atom stereocenters. The number of carbonyl (C=O) groups is 3. The van der Waals surface area contributed by atoms with Gasteiger partial charge in [-0.3, -0.25) is 9.59 Å². The number of nitrogens with one attached hydrogen (secondary N) is 1. The van der Waals surface area contributed by atoms with Crippen molar-refractivity contribution in [1.29, 1.82) is 0 Å². The molecule has 0 saturated carbocycles. The van der Waals surface area contributed by atoms with Crippen molar-refractivity contribution < 1.29 is 19.1 Å². The van der Waals surface area contributed by atoms with Gasteiger partial charge < -0.3 is 15.0 Å². The van der Waals surface area contributed by atoms with Crippen LogP contribution in [0, 0.1) is 0 Å². The molecule has 0 radical (unpaired) electrons. The van der Waals surface area contributed by atoms with Crippen molar-refractivity contribution in [2.75, 3.05) is 24.2 Å². The summed E-state index contributed by atoms with van der Waals surface area (Å²) in [5.41, 5.74) is 3.74. The third-order valence-electron chi connectivity index (χ3n) is 5.56. The standard InChI is InChI=1S/C27H26N2O4S/c1-2-33-27(32)22-12-14-23(15-13-22)28-25(31)20-8-10-21(11-9-20)26-29(24(30)18-34-26)17-16-19-6-4-3-5-7-19/h3-15,26H,2,16-18H2,1H3,(H,28,31)/t26-/m0/s1. The number of esters is 1. The second kappa shape index (κ2) is 11.0. The number of carbonyl (C=O) groups excluding carboxylic acids is 3. The summed E-state index contributed by atoms with van der Waals surface area (Å²) in [7, 11) is 0. The van der Waals surface area contributed by atoms with Gasteiger partial charge in [-0.15, -0.1) is 11.8 Å². The van der Waals surface area contributed by atoms with Crippen molar-refractivity contribution in [3.05, 3.63) is 101 Å². The Balaban J connectivity index is 1.38. The Hall–Kier alpha value is -3.58. The minimum atomic E-state index is -0.392. The molecule has 1 fully saturated rings. The minimum Gasteiger partial charge on any atom is -0.462 e. The Morgan fingerprint density at radius 1 is 0.971 bits per heavy atom. The highest BCUT2D eigenvalue weighted by molar-refractivity contribution is 8.00. The lowest BCUT2D eigenvalue weighted by molar-refractivity contribution is -0.128.